The molecule has 17 heavy (non-hydrogen) atoms. The zero-order chi connectivity index (χ0) is 11.4. The van der Waals surface area contributed by atoms with Gasteiger partial charge in [-0.15, -0.1) is 0 Å². The predicted octanol–water partition coefficient (Wildman–Crippen LogP) is 1.86. The Morgan fingerprint density at radius 3 is 2.65 bits per heavy atom. The molecule has 1 heteroatoms. The van der Waals surface area contributed by atoms with E-state index in [1.807, 2.05) is 18.2 Å². The number of Topliss-reactive ketones (excluding diaryl/α,β-unsaturated/α-hetero) is 1. The third-order valence-electron chi connectivity index (χ3n) is 3.59. The van der Waals surface area contributed by atoms with Crippen molar-refractivity contribution in [3.63, 3.8) is 0 Å². The Hall–Kier alpha value is -2.15. The Morgan fingerprint density at radius 1 is 0.882 bits per heavy atom. The normalized spacial score (nSPS) is 14.7. The molecule has 1 nitrogen and oxygen atoms in total. The molecule has 0 aliphatic heterocycles. The van der Waals surface area contributed by atoms with Crippen LogP contribution in [0, 0.1) is 0 Å². The number of carbonyl (C=O) groups is 1. The van der Waals surface area contributed by atoms with E-state index in [1.54, 1.807) is 0 Å². The molecule has 0 fully saturated rings. The van der Waals surface area contributed by atoms with E-state index in [1.165, 1.54) is 21.9 Å². The summed E-state index contributed by atoms with van der Waals surface area (Å²) in [5.41, 5.74) is 4.66. The highest BCUT2D eigenvalue weighted by molar-refractivity contribution is 6.03. The summed E-state index contributed by atoms with van der Waals surface area (Å²) in [5, 5.41) is 2.27. The van der Waals surface area contributed by atoms with Crippen LogP contribution in [0.3, 0.4) is 0 Å². The molecule has 2 aliphatic rings. The standard InChI is InChI=1S/C16H10O/c17-16-6-5-11-8-14-12(9-15(11)16)7-10-3-1-2-4-13(10)14/h1-5,7-9H,6H2. The molecule has 0 aromatic heterocycles. The summed E-state index contributed by atoms with van der Waals surface area (Å²) < 4.78 is 0. The largest absolute Gasteiger partial charge is 0.294 e. The highest BCUT2D eigenvalue weighted by Gasteiger charge is 2.17. The zero-order valence-electron chi connectivity index (χ0n) is 9.23. The number of ketones is 1. The fourth-order valence-electron chi connectivity index (χ4n) is 2.74. The van der Waals surface area contributed by atoms with Gasteiger partial charge in [-0.3, -0.25) is 4.79 Å². The molecule has 0 amide bonds. The number of hydrogen-bond acceptors (Lipinski definition) is 1. The second-order valence-electron chi connectivity index (χ2n) is 4.59. The van der Waals surface area contributed by atoms with Crippen LogP contribution < -0.4 is 10.4 Å². The van der Waals surface area contributed by atoms with Gasteiger partial charge in [-0.1, -0.05) is 30.3 Å². The summed E-state index contributed by atoms with van der Waals surface area (Å²) in [4.78, 5) is 11.7. The van der Waals surface area contributed by atoms with Crippen LogP contribution in [0.2, 0.25) is 0 Å². The van der Waals surface area contributed by atoms with Crippen molar-refractivity contribution in [2.45, 2.75) is 6.42 Å². The quantitative estimate of drug-likeness (QED) is 0.563. The van der Waals surface area contributed by atoms with Gasteiger partial charge in [0.15, 0.2) is 5.78 Å². The maximum atomic E-state index is 11.7. The summed E-state index contributed by atoms with van der Waals surface area (Å²) in [5.74, 6) is 0.243. The first-order valence-electron chi connectivity index (χ1n) is 5.81. The van der Waals surface area contributed by atoms with Crippen LogP contribution in [-0.4, -0.2) is 5.78 Å². The summed E-state index contributed by atoms with van der Waals surface area (Å²) in [6.45, 7) is 0. The molecule has 0 saturated carbocycles. The van der Waals surface area contributed by atoms with Crippen LogP contribution >= 0.6 is 0 Å². The average molecular weight is 218 g/mol. The van der Waals surface area contributed by atoms with Crippen molar-refractivity contribution in [3.05, 3.63) is 58.0 Å². The Morgan fingerprint density at radius 2 is 1.71 bits per heavy atom. The molecule has 0 heterocycles. The van der Waals surface area contributed by atoms with Crippen LogP contribution in [0.5, 0.6) is 0 Å². The van der Waals surface area contributed by atoms with Gasteiger partial charge >= 0.3 is 0 Å². The lowest BCUT2D eigenvalue weighted by atomic mass is 10.0. The minimum atomic E-state index is 0.243. The Labute approximate surface area is 98.7 Å². The van der Waals surface area contributed by atoms with Gasteiger partial charge in [0.25, 0.3) is 0 Å². The molecular weight excluding hydrogens is 208 g/mol. The van der Waals surface area contributed by atoms with Gasteiger partial charge in [-0.2, -0.15) is 0 Å². The number of carbonyl (C=O) groups excluding carboxylic acids is 1. The lowest BCUT2D eigenvalue weighted by molar-refractivity contribution is 0.100. The molecular formula is C16H10O. The Balaban J connectivity index is 2.12. The van der Waals surface area contributed by atoms with Crippen molar-refractivity contribution in [1.29, 1.82) is 0 Å². The van der Waals surface area contributed by atoms with Crippen LogP contribution in [0.25, 0.3) is 23.3 Å². The van der Waals surface area contributed by atoms with Gasteiger partial charge in [0.2, 0.25) is 0 Å². The molecule has 2 aliphatic carbocycles. The number of fused-ring (bicyclic) bond motifs is 4. The lowest BCUT2D eigenvalue weighted by Gasteiger charge is -2.01. The monoisotopic (exact) mass is 218 g/mol. The maximum Gasteiger partial charge on any atom is 0.167 e. The van der Waals surface area contributed by atoms with Crippen LogP contribution in [0.4, 0.5) is 0 Å². The Bertz CT molecular complexity index is 782. The van der Waals surface area contributed by atoms with Crippen molar-refractivity contribution >= 4 is 17.9 Å². The van der Waals surface area contributed by atoms with E-state index < -0.39 is 0 Å². The Kier molecular flexibility index (Phi) is 1.55. The summed E-state index contributed by atoms with van der Waals surface area (Å²) in [6, 6.07) is 12.6. The van der Waals surface area contributed by atoms with E-state index in [0.29, 0.717) is 6.42 Å². The van der Waals surface area contributed by atoms with Crippen LogP contribution in [-0.2, 0) is 0 Å². The first-order valence-corrected chi connectivity index (χ1v) is 5.81. The molecule has 80 valence electrons. The SMILES string of the molecule is O=C1CC=c2cc3c(cc21)=Cc1ccccc1-3. The number of rotatable bonds is 0. The molecule has 0 unspecified atom stereocenters. The maximum absolute atomic E-state index is 11.7. The third kappa shape index (κ3) is 1.11. The topological polar surface area (TPSA) is 17.1 Å². The highest BCUT2D eigenvalue weighted by atomic mass is 16.1. The minimum absolute atomic E-state index is 0.243. The van der Waals surface area contributed by atoms with Crippen molar-refractivity contribution < 1.29 is 4.79 Å². The summed E-state index contributed by atoms with van der Waals surface area (Å²) in [7, 11) is 0. The van der Waals surface area contributed by atoms with Crippen LogP contribution in [0.1, 0.15) is 22.3 Å². The van der Waals surface area contributed by atoms with Gasteiger partial charge < -0.3 is 0 Å². The van der Waals surface area contributed by atoms with Crippen molar-refractivity contribution in [2.75, 3.05) is 0 Å². The lowest BCUT2D eigenvalue weighted by Crippen LogP contribution is -2.15. The minimum Gasteiger partial charge on any atom is -0.294 e. The van der Waals surface area contributed by atoms with E-state index in [9.17, 15) is 4.79 Å². The van der Waals surface area contributed by atoms with E-state index >= 15 is 0 Å². The molecule has 0 bridgehead atoms. The first-order chi connectivity index (χ1) is 8.33. The molecule has 0 radical (unpaired) electrons. The summed E-state index contributed by atoms with van der Waals surface area (Å²) >= 11 is 0. The predicted molar refractivity (Wildman–Crippen MR) is 68.1 cm³/mol. The molecule has 0 spiro atoms. The molecule has 0 saturated heterocycles. The van der Waals surface area contributed by atoms with E-state index in [0.717, 1.165) is 10.8 Å². The fraction of sp³-hybridized carbons (Fsp3) is 0.0625. The van der Waals surface area contributed by atoms with Gasteiger partial charge in [-0.05, 0) is 45.3 Å². The average Bonchev–Trinajstić information content (AvgIpc) is 2.88. The van der Waals surface area contributed by atoms with Gasteiger partial charge in [-0.25, -0.2) is 0 Å². The second kappa shape index (κ2) is 2.95. The summed E-state index contributed by atoms with van der Waals surface area (Å²) in [6.07, 6.45) is 4.75. The molecule has 2 aromatic carbocycles. The van der Waals surface area contributed by atoms with E-state index in [2.05, 4.69) is 30.3 Å². The smallest absolute Gasteiger partial charge is 0.167 e. The van der Waals surface area contributed by atoms with Crippen LogP contribution in [0.15, 0.2) is 36.4 Å². The number of benzene rings is 2. The van der Waals surface area contributed by atoms with Gasteiger partial charge in [0.05, 0.1) is 0 Å². The second-order valence-corrected chi connectivity index (χ2v) is 4.59. The number of hydrogen-bond donors (Lipinski definition) is 0. The molecule has 4 rings (SSSR count). The van der Waals surface area contributed by atoms with E-state index in [4.69, 9.17) is 0 Å². The third-order valence-corrected chi connectivity index (χ3v) is 3.59. The molecule has 0 atom stereocenters. The zero-order valence-corrected chi connectivity index (χ0v) is 9.23. The van der Waals surface area contributed by atoms with Crippen molar-refractivity contribution in [2.24, 2.45) is 0 Å². The molecule has 0 N–H and O–H groups in total. The molecule has 2 aromatic rings. The van der Waals surface area contributed by atoms with E-state index in [-0.39, 0.29) is 5.78 Å². The highest BCUT2D eigenvalue weighted by Crippen LogP contribution is 2.25. The van der Waals surface area contributed by atoms with Crippen molar-refractivity contribution in [3.8, 4) is 11.1 Å². The van der Waals surface area contributed by atoms with Gasteiger partial charge in [0.1, 0.15) is 0 Å². The first kappa shape index (κ1) is 8.94. The fourth-order valence-corrected chi connectivity index (χ4v) is 2.74. The van der Waals surface area contributed by atoms with Gasteiger partial charge in [0, 0.05) is 12.0 Å². The van der Waals surface area contributed by atoms with Crippen molar-refractivity contribution in [1.82, 2.24) is 0 Å².